The van der Waals surface area contributed by atoms with Crippen LogP contribution in [0.3, 0.4) is 0 Å². The fourth-order valence-electron chi connectivity index (χ4n) is 2.63. The van der Waals surface area contributed by atoms with Gasteiger partial charge in [-0.2, -0.15) is 0 Å². The molecular weight excluding hydrogens is 288 g/mol. The number of cyclic esters (lactones) is 1. The zero-order valence-corrected chi connectivity index (χ0v) is 15.3. The smallest absolute Gasteiger partial charge is 0.311 e. The number of allylic oxidation sites excluding steroid dienone is 5. The number of aliphatic hydroxyl groups is 1. The molecular formula is C20H32O3. The molecule has 1 aliphatic heterocycles. The molecule has 0 radical (unpaired) electrons. The van der Waals surface area contributed by atoms with E-state index in [2.05, 4.69) is 45.9 Å². The molecule has 0 spiro atoms. The van der Waals surface area contributed by atoms with Gasteiger partial charge in [-0.15, -0.1) is 0 Å². The predicted octanol–water partition coefficient (Wildman–Crippen LogP) is 4.72. The number of carbonyl (C=O) groups excluding carboxylic acids is 1. The van der Waals surface area contributed by atoms with Gasteiger partial charge in [0.05, 0.1) is 5.92 Å². The summed E-state index contributed by atoms with van der Waals surface area (Å²) in [6.45, 7) is 10.3. The number of aliphatic hydroxyl groups excluding tert-OH is 1. The molecule has 3 nitrogen and oxygen atoms in total. The third-order valence-corrected chi connectivity index (χ3v) is 4.35. The van der Waals surface area contributed by atoms with Gasteiger partial charge in [-0.05, 0) is 60.3 Å². The second-order valence-electron chi connectivity index (χ2n) is 6.95. The van der Waals surface area contributed by atoms with Crippen LogP contribution < -0.4 is 0 Å². The number of esters is 1. The molecule has 0 aromatic heterocycles. The Morgan fingerprint density at radius 1 is 1.04 bits per heavy atom. The monoisotopic (exact) mass is 320 g/mol. The van der Waals surface area contributed by atoms with Crippen LogP contribution in [-0.2, 0) is 9.53 Å². The summed E-state index contributed by atoms with van der Waals surface area (Å²) in [6, 6.07) is 0. The Morgan fingerprint density at radius 2 is 1.61 bits per heavy atom. The number of hydrogen-bond donors (Lipinski definition) is 1. The van der Waals surface area contributed by atoms with Crippen molar-refractivity contribution in [1.29, 1.82) is 0 Å². The van der Waals surface area contributed by atoms with Crippen LogP contribution in [0.4, 0.5) is 0 Å². The van der Waals surface area contributed by atoms with Crippen molar-refractivity contribution < 1.29 is 14.6 Å². The molecule has 0 bridgehead atoms. The fraction of sp³-hybridized carbons (Fsp3) is 0.650. The summed E-state index contributed by atoms with van der Waals surface area (Å²) in [7, 11) is 0. The molecule has 3 atom stereocenters. The molecule has 3 unspecified atom stereocenters. The molecule has 1 saturated heterocycles. The summed E-state index contributed by atoms with van der Waals surface area (Å²) in [5.41, 5.74) is 4.09. The largest absolute Gasteiger partial charge is 0.459 e. The standard InChI is InChI=1S/C20H32O3/c1-14(2)8-6-9-15(3)10-7-11-16(4)12-13-18-19(21)17(5)20(22)23-18/h8,10,12,17-19,21H,6-7,9,11,13H2,1-5H3/b15-10+,16-12+. The number of rotatable bonds is 8. The van der Waals surface area contributed by atoms with E-state index in [1.54, 1.807) is 6.92 Å². The van der Waals surface area contributed by atoms with Crippen LogP contribution in [0, 0.1) is 5.92 Å². The van der Waals surface area contributed by atoms with Crippen LogP contribution in [0.25, 0.3) is 0 Å². The topological polar surface area (TPSA) is 46.5 Å². The lowest BCUT2D eigenvalue weighted by atomic mass is 10.00. The normalized spacial score (nSPS) is 25.5. The summed E-state index contributed by atoms with van der Waals surface area (Å²) in [5.74, 6) is -0.691. The van der Waals surface area contributed by atoms with Gasteiger partial charge in [0.25, 0.3) is 0 Å². The van der Waals surface area contributed by atoms with Crippen LogP contribution in [0.5, 0.6) is 0 Å². The van der Waals surface area contributed by atoms with Gasteiger partial charge in [-0.25, -0.2) is 0 Å². The maximum absolute atomic E-state index is 11.4. The molecule has 1 heterocycles. The zero-order valence-electron chi connectivity index (χ0n) is 15.3. The molecule has 23 heavy (non-hydrogen) atoms. The average molecular weight is 320 g/mol. The Labute approximate surface area is 141 Å². The Balaban J connectivity index is 2.32. The quantitative estimate of drug-likeness (QED) is 0.520. The molecule has 1 fully saturated rings. The van der Waals surface area contributed by atoms with Gasteiger partial charge in [0.1, 0.15) is 12.2 Å². The lowest BCUT2D eigenvalue weighted by molar-refractivity contribution is -0.143. The SMILES string of the molecule is CC(C)=CCC/C(C)=C/CC/C(C)=C/CC1OC(=O)C(C)C1O. The Hall–Kier alpha value is -1.35. The minimum atomic E-state index is -0.677. The highest BCUT2D eigenvalue weighted by Crippen LogP contribution is 2.24. The van der Waals surface area contributed by atoms with Gasteiger partial charge in [-0.1, -0.05) is 34.9 Å². The van der Waals surface area contributed by atoms with E-state index >= 15 is 0 Å². The summed E-state index contributed by atoms with van der Waals surface area (Å²) in [5, 5.41) is 9.92. The van der Waals surface area contributed by atoms with E-state index in [-0.39, 0.29) is 12.1 Å². The fourth-order valence-corrected chi connectivity index (χ4v) is 2.63. The molecule has 0 amide bonds. The van der Waals surface area contributed by atoms with Gasteiger partial charge in [0.15, 0.2) is 0 Å². The van der Waals surface area contributed by atoms with Crippen molar-refractivity contribution in [2.24, 2.45) is 5.92 Å². The van der Waals surface area contributed by atoms with Crippen LogP contribution in [0.15, 0.2) is 34.9 Å². The first-order chi connectivity index (χ1) is 10.8. The van der Waals surface area contributed by atoms with Crippen LogP contribution in [0.1, 0.15) is 66.7 Å². The second kappa shape index (κ2) is 9.71. The molecule has 1 N–H and O–H groups in total. The Morgan fingerprint density at radius 3 is 2.13 bits per heavy atom. The van der Waals surface area contributed by atoms with Crippen molar-refractivity contribution in [3.63, 3.8) is 0 Å². The minimum Gasteiger partial charge on any atom is -0.459 e. The van der Waals surface area contributed by atoms with Crippen molar-refractivity contribution >= 4 is 5.97 Å². The predicted molar refractivity (Wildman–Crippen MR) is 95.1 cm³/mol. The average Bonchev–Trinajstić information content (AvgIpc) is 2.72. The first kappa shape index (κ1) is 19.7. The van der Waals surface area contributed by atoms with E-state index in [9.17, 15) is 9.90 Å². The van der Waals surface area contributed by atoms with E-state index < -0.39 is 12.0 Å². The summed E-state index contributed by atoms with van der Waals surface area (Å²) in [6.07, 6.45) is 10.5. The van der Waals surface area contributed by atoms with Crippen molar-refractivity contribution in [3.8, 4) is 0 Å². The lowest BCUT2D eigenvalue weighted by Gasteiger charge is -2.12. The van der Waals surface area contributed by atoms with Crippen molar-refractivity contribution in [3.05, 3.63) is 34.9 Å². The van der Waals surface area contributed by atoms with E-state index in [4.69, 9.17) is 4.74 Å². The number of hydrogen-bond acceptors (Lipinski definition) is 3. The van der Waals surface area contributed by atoms with Crippen LogP contribution in [-0.4, -0.2) is 23.3 Å². The van der Waals surface area contributed by atoms with Crippen molar-refractivity contribution in [1.82, 2.24) is 0 Å². The van der Waals surface area contributed by atoms with Gasteiger partial charge in [0.2, 0.25) is 0 Å². The van der Waals surface area contributed by atoms with Crippen LogP contribution >= 0.6 is 0 Å². The molecule has 3 heteroatoms. The van der Waals surface area contributed by atoms with Crippen molar-refractivity contribution in [2.45, 2.75) is 78.9 Å². The van der Waals surface area contributed by atoms with Crippen molar-refractivity contribution in [2.75, 3.05) is 0 Å². The van der Waals surface area contributed by atoms with E-state index in [0.717, 1.165) is 25.7 Å². The Bertz CT molecular complexity index is 481. The van der Waals surface area contributed by atoms with E-state index in [1.807, 2.05) is 0 Å². The maximum atomic E-state index is 11.4. The first-order valence-electron chi connectivity index (χ1n) is 8.64. The molecule has 0 aromatic carbocycles. The molecule has 1 aliphatic rings. The highest BCUT2D eigenvalue weighted by Gasteiger charge is 2.39. The third kappa shape index (κ3) is 7.17. The van der Waals surface area contributed by atoms with Crippen LogP contribution in [0.2, 0.25) is 0 Å². The summed E-state index contributed by atoms with van der Waals surface area (Å²) in [4.78, 5) is 11.4. The maximum Gasteiger partial charge on any atom is 0.311 e. The first-order valence-corrected chi connectivity index (χ1v) is 8.64. The van der Waals surface area contributed by atoms with Gasteiger partial charge >= 0.3 is 5.97 Å². The molecule has 0 aromatic rings. The van der Waals surface area contributed by atoms with E-state index in [0.29, 0.717) is 6.42 Å². The van der Waals surface area contributed by atoms with Gasteiger partial charge < -0.3 is 9.84 Å². The summed E-state index contributed by atoms with van der Waals surface area (Å²) < 4.78 is 5.19. The van der Waals surface area contributed by atoms with Gasteiger partial charge in [0, 0.05) is 6.42 Å². The zero-order chi connectivity index (χ0) is 17.4. The molecule has 1 rings (SSSR count). The molecule has 130 valence electrons. The highest BCUT2D eigenvalue weighted by atomic mass is 16.6. The third-order valence-electron chi connectivity index (χ3n) is 4.35. The minimum absolute atomic E-state index is 0.288. The number of ether oxygens (including phenoxy) is 1. The second-order valence-corrected chi connectivity index (χ2v) is 6.95. The summed E-state index contributed by atoms with van der Waals surface area (Å²) >= 11 is 0. The molecule has 0 saturated carbocycles. The molecule has 0 aliphatic carbocycles. The Kier molecular flexibility index (Phi) is 8.32. The highest BCUT2D eigenvalue weighted by molar-refractivity contribution is 5.75. The lowest BCUT2D eigenvalue weighted by Crippen LogP contribution is -2.24. The number of carbonyl (C=O) groups is 1. The van der Waals surface area contributed by atoms with E-state index in [1.165, 1.54) is 16.7 Å². The van der Waals surface area contributed by atoms with Gasteiger partial charge in [-0.3, -0.25) is 4.79 Å².